The van der Waals surface area contributed by atoms with Gasteiger partial charge in [-0.3, -0.25) is 0 Å². The van der Waals surface area contributed by atoms with Crippen LogP contribution in [0.3, 0.4) is 0 Å². The smallest absolute Gasteiger partial charge is 0.147 e. The maximum absolute atomic E-state index is 6.49. The second kappa shape index (κ2) is 8.00. The molecule has 21 heavy (non-hydrogen) atoms. The van der Waals surface area contributed by atoms with E-state index in [0.717, 1.165) is 36.0 Å². The molecule has 1 fully saturated rings. The summed E-state index contributed by atoms with van der Waals surface area (Å²) >= 11 is 6.49. The molecule has 0 aromatic carbocycles. The van der Waals surface area contributed by atoms with Gasteiger partial charge in [0.25, 0.3) is 0 Å². The Morgan fingerprint density at radius 2 is 2.10 bits per heavy atom. The molecular formula is C17H28ClN3. The number of pyridine rings is 1. The highest BCUT2D eigenvalue weighted by atomic mass is 35.5. The summed E-state index contributed by atoms with van der Waals surface area (Å²) in [5, 5.41) is 4.22. The minimum absolute atomic E-state index is 0.616. The zero-order valence-electron chi connectivity index (χ0n) is 13.5. The van der Waals surface area contributed by atoms with Gasteiger partial charge in [0.2, 0.25) is 0 Å². The number of nitrogens with zero attached hydrogens (tertiary/aromatic N) is 2. The molecule has 0 atom stereocenters. The molecule has 3 nitrogen and oxygen atoms in total. The highest BCUT2D eigenvalue weighted by Gasteiger charge is 2.24. The zero-order valence-corrected chi connectivity index (χ0v) is 14.3. The molecule has 1 N–H and O–H groups in total. The first-order valence-corrected chi connectivity index (χ1v) is 8.61. The fourth-order valence-corrected chi connectivity index (χ4v) is 3.38. The van der Waals surface area contributed by atoms with Crippen LogP contribution in [-0.4, -0.2) is 24.1 Å². The van der Waals surface area contributed by atoms with E-state index < -0.39 is 0 Å². The van der Waals surface area contributed by atoms with Gasteiger partial charge in [-0.2, -0.15) is 0 Å². The molecule has 1 aromatic rings. The SMILES string of the molecule is CCN(c1ncc(CNCC(C)C)cc1Cl)C1CCCC1. The number of anilines is 1. The average molecular weight is 310 g/mol. The number of rotatable bonds is 7. The van der Waals surface area contributed by atoms with E-state index in [2.05, 4.69) is 42.0 Å². The summed E-state index contributed by atoms with van der Waals surface area (Å²) in [4.78, 5) is 7.02. The fraction of sp³-hybridized carbons (Fsp3) is 0.706. The summed E-state index contributed by atoms with van der Waals surface area (Å²) in [6.45, 7) is 9.43. The Labute approximate surface area is 134 Å². The summed E-state index contributed by atoms with van der Waals surface area (Å²) < 4.78 is 0. The molecule has 0 spiro atoms. The van der Waals surface area contributed by atoms with Crippen LogP contribution in [0.2, 0.25) is 5.02 Å². The van der Waals surface area contributed by atoms with Crippen molar-refractivity contribution in [2.24, 2.45) is 5.92 Å². The molecule has 1 aromatic heterocycles. The molecule has 118 valence electrons. The Morgan fingerprint density at radius 1 is 1.38 bits per heavy atom. The first-order chi connectivity index (χ1) is 10.1. The van der Waals surface area contributed by atoms with Gasteiger partial charge >= 0.3 is 0 Å². The van der Waals surface area contributed by atoms with Gasteiger partial charge < -0.3 is 10.2 Å². The fourth-order valence-electron chi connectivity index (χ4n) is 3.08. The van der Waals surface area contributed by atoms with Crippen molar-refractivity contribution >= 4 is 17.4 Å². The van der Waals surface area contributed by atoms with E-state index in [9.17, 15) is 0 Å². The van der Waals surface area contributed by atoms with Crippen molar-refractivity contribution in [1.29, 1.82) is 0 Å². The zero-order chi connectivity index (χ0) is 15.2. The normalized spacial score (nSPS) is 15.9. The average Bonchev–Trinajstić information content (AvgIpc) is 2.95. The van der Waals surface area contributed by atoms with Gasteiger partial charge in [0, 0.05) is 25.3 Å². The molecule has 1 aliphatic carbocycles. The van der Waals surface area contributed by atoms with E-state index >= 15 is 0 Å². The quantitative estimate of drug-likeness (QED) is 0.816. The van der Waals surface area contributed by atoms with Gasteiger partial charge in [0.1, 0.15) is 5.82 Å². The van der Waals surface area contributed by atoms with Crippen molar-refractivity contribution in [3.8, 4) is 0 Å². The topological polar surface area (TPSA) is 28.2 Å². The third-order valence-electron chi connectivity index (χ3n) is 4.14. The highest BCUT2D eigenvalue weighted by molar-refractivity contribution is 6.33. The lowest BCUT2D eigenvalue weighted by atomic mass is 10.2. The number of hydrogen-bond donors (Lipinski definition) is 1. The van der Waals surface area contributed by atoms with Crippen LogP contribution in [0.15, 0.2) is 12.3 Å². The molecule has 0 amide bonds. The van der Waals surface area contributed by atoms with Crippen LogP contribution in [0.25, 0.3) is 0 Å². The molecular weight excluding hydrogens is 282 g/mol. The van der Waals surface area contributed by atoms with E-state index in [1.165, 1.54) is 25.7 Å². The molecule has 0 bridgehead atoms. The van der Waals surface area contributed by atoms with E-state index in [1.807, 2.05) is 6.20 Å². The van der Waals surface area contributed by atoms with Crippen molar-refractivity contribution in [3.63, 3.8) is 0 Å². The molecule has 0 unspecified atom stereocenters. The third-order valence-corrected chi connectivity index (χ3v) is 4.42. The Bertz CT molecular complexity index is 442. The van der Waals surface area contributed by atoms with Crippen LogP contribution in [-0.2, 0) is 6.54 Å². The Balaban J connectivity index is 2.03. The standard InChI is InChI=1S/C17H28ClN3/c1-4-21(15-7-5-6-8-15)17-16(18)9-14(12-20-17)11-19-10-13(2)3/h9,12-13,15,19H,4-8,10-11H2,1-3H3. The van der Waals surface area contributed by atoms with E-state index in [-0.39, 0.29) is 0 Å². The Hall–Kier alpha value is -0.800. The predicted octanol–water partition coefficient (Wildman–Crippen LogP) is 4.25. The number of aromatic nitrogens is 1. The van der Waals surface area contributed by atoms with Gasteiger partial charge in [-0.15, -0.1) is 0 Å². The molecule has 1 aliphatic rings. The molecule has 0 aliphatic heterocycles. The van der Waals surface area contributed by atoms with Gasteiger partial charge in [0.15, 0.2) is 0 Å². The first-order valence-electron chi connectivity index (χ1n) is 8.23. The third kappa shape index (κ3) is 4.58. The second-order valence-electron chi connectivity index (χ2n) is 6.40. The van der Waals surface area contributed by atoms with Gasteiger partial charge in [-0.05, 0) is 43.9 Å². The number of nitrogens with one attached hydrogen (secondary N) is 1. The minimum atomic E-state index is 0.616. The molecule has 4 heteroatoms. The van der Waals surface area contributed by atoms with Crippen molar-refractivity contribution in [2.75, 3.05) is 18.0 Å². The summed E-state index contributed by atoms with van der Waals surface area (Å²) in [6, 6.07) is 2.68. The molecule has 0 saturated heterocycles. The number of halogens is 1. The molecule has 0 radical (unpaired) electrons. The van der Waals surface area contributed by atoms with Gasteiger partial charge in [-0.1, -0.05) is 38.3 Å². The maximum Gasteiger partial charge on any atom is 0.147 e. The summed E-state index contributed by atoms with van der Waals surface area (Å²) in [7, 11) is 0. The largest absolute Gasteiger partial charge is 0.353 e. The van der Waals surface area contributed by atoms with E-state index in [0.29, 0.717) is 12.0 Å². The van der Waals surface area contributed by atoms with Gasteiger partial charge in [0.05, 0.1) is 5.02 Å². The van der Waals surface area contributed by atoms with Crippen molar-refractivity contribution < 1.29 is 0 Å². The Kier molecular flexibility index (Phi) is 6.31. The lowest BCUT2D eigenvalue weighted by Crippen LogP contribution is -2.34. The molecule has 1 heterocycles. The first kappa shape index (κ1) is 16.6. The molecule has 1 saturated carbocycles. The van der Waals surface area contributed by atoms with Crippen LogP contribution in [0.5, 0.6) is 0 Å². The molecule has 2 rings (SSSR count). The van der Waals surface area contributed by atoms with Crippen molar-refractivity contribution in [3.05, 3.63) is 22.8 Å². The predicted molar refractivity (Wildman–Crippen MR) is 91.1 cm³/mol. The Morgan fingerprint density at radius 3 is 2.67 bits per heavy atom. The van der Waals surface area contributed by atoms with Crippen molar-refractivity contribution in [1.82, 2.24) is 10.3 Å². The lowest BCUT2D eigenvalue weighted by molar-refractivity contribution is 0.551. The second-order valence-corrected chi connectivity index (χ2v) is 6.81. The van der Waals surface area contributed by atoms with E-state index in [1.54, 1.807) is 0 Å². The van der Waals surface area contributed by atoms with Crippen LogP contribution in [0.4, 0.5) is 5.82 Å². The summed E-state index contributed by atoms with van der Waals surface area (Å²) in [5.74, 6) is 1.62. The number of hydrogen-bond acceptors (Lipinski definition) is 3. The van der Waals surface area contributed by atoms with Gasteiger partial charge in [-0.25, -0.2) is 4.98 Å². The van der Waals surface area contributed by atoms with Crippen LogP contribution >= 0.6 is 11.6 Å². The van der Waals surface area contributed by atoms with E-state index in [4.69, 9.17) is 11.6 Å². The van der Waals surface area contributed by atoms with Crippen LogP contribution < -0.4 is 10.2 Å². The monoisotopic (exact) mass is 309 g/mol. The van der Waals surface area contributed by atoms with Crippen LogP contribution in [0.1, 0.15) is 52.0 Å². The minimum Gasteiger partial charge on any atom is -0.353 e. The summed E-state index contributed by atoms with van der Waals surface area (Å²) in [6.07, 6.45) is 7.16. The summed E-state index contributed by atoms with van der Waals surface area (Å²) in [5.41, 5.74) is 1.16. The van der Waals surface area contributed by atoms with Crippen molar-refractivity contribution in [2.45, 2.75) is 59.0 Å². The van der Waals surface area contributed by atoms with Crippen LogP contribution in [0, 0.1) is 5.92 Å². The lowest BCUT2D eigenvalue weighted by Gasteiger charge is -2.29. The maximum atomic E-state index is 6.49. The highest BCUT2D eigenvalue weighted by Crippen LogP contribution is 2.31.